The molecule has 1 amide bonds. The van der Waals surface area contributed by atoms with Crippen LogP contribution in [-0.4, -0.2) is 31.7 Å². The number of carbonyl (C=O) groups is 1. The zero-order chi connectivity index (χ0) is 13.9. The van der Waals surface area contributed by atoms with E-state index in [1.165, 1.54) is 0 Å². The second-order valence-electron chi connectivity index (χ2n) is 4.20. The van der Waals surface area contributed by atoms with Gasteiger partial charge in [0, 0.05) is 19.6 Å². The van der Waals surface area contributed by atoms with Gasteiger partial charge in [-0.05, 0) is 12.1 Å². The Morgan fingerprint density at radius 3 is 2.74 bits per heavy atom. The molecule has 0 saturated heterocycles. The van der Waals surface area contributed by atoms with Gasteiger partial charge in [-0.3, -0.25) is 4.79 Å². The fraction of sp³-hybridized carbons (Fsp3) is 0.417. The van der Waals surface area contributed by atoms with E-state index in [2.05, 4.69) is 16.0 Å². The molecule has 0 unspecified atom stereocenters. The minimum Gasteiger partial charge on any atom is -0.382 e. The summed E-state index contributed by atoms with van der Waals surface area (Å²) >= 11 is 0. The topological polar surface area (TPSA) is 53.2 Å². The van der Waals surface area contributed by atoms with E-state index < -0.39 is 25.0 Å². The maximum Gasteiger partial charge on any atom is 0.390 e. The molecule has 1 aliphatic heterocycles. The van der Waals surface area contributed by atoms with E-state index in [0.29, 0.717) is 17.8 Å². The molecular formula is C12H14F3N3O. The van der Waals surface area contributed by atoms with Crippen LogP contribution in [0.4, 0.5) is 24.5 Å². The number of nitrogens with one attached hydrogen (secondary N) is 3. The van der Waals surface area contributed by atoms with Crippen molar-refractivity contribution < 1.29 is 18.0 Å². The maximum absolute atomic E-state index is 12.0. The van der Waals surface area contributed by atoms with Gasteiger partial charge in [-0.15, -0.1) is 0 Å². The monoisotopic (exact) mass is 273 g/mol. The van der Waals surface area contributed by atoms with Crippen LogP contribution < -0.4 is 16.0 Å². The van der Waals surface area contributed by atoms with Gasteiger partial charge < -0.3 is 16.0 Å². The lowest BCUT2D eigenvalue weighted by Crippen LogP contribution is -2.30. The Hall–Kier alpha value is -1.92. The molecule has 0 fully saturated rings. The number of carbonyl (C=O) groups excluding carboxylic acids is 1. The molecule has 19 heavy (non-hydrogen) atoms. The normalized spacial score (nSPS) is 14.1. The summed E-state index contributed by atoms with van der Waals surface area (Å²) in [7, 11) is 0. The van der Waals surface area contributed by atoms with E-state index in [9.17, 15) is 18.0 Å². The van der Waals surface area contributed by atoms with Crippen molar-refractivity contribution in [1.82, 2.24) is 5.32 Å². The quantitative estimate of drug-likeness (QED) is 0.791. The lowest BCUT2D eigenvalue weighted by Gasteiger charge is -2.22. The van der Waals surface area contributed by atoms with Crippen LogP contribution in [0.1, 0.15) is 16.8 Å². The average Bonchev–Trinajstić information content (AvgIpc) is 2.36. The Balaban J connectivity index is 2.03. The second kappa shape index (κ2) is 5.38. The highest BCUT2D eigenvalue weighted by molar-refractivity contribution is 6.02. The molecule has 0 aromatic heterocycles. The van der Waals surface area contributed by atoms with Crippen molar-refractivity contribution >= 4 is 17.3 Å². The predicted octanol–water partition coefficient (Wildman–Crippen LogP) is 2.21. The first-order chi connectivity index (χ1) is 8.97. The molecule has 0 saturated carbocycles. The molecule has 0 bridgehead atoms. The second-order valence-corrected chi connectivity index (χ2v) is 4.20. The van der Waals surface area contributed by atoms with Crippen LogP contribution in [0, 0.1) is 0 Å². The molecular weight excluding hydrogens is 259 g/mol. The molecule has 4 nitrogen and oxygen atoms in total. The Bertz CT molecular complexity index is 474. The van der Waals surface area contributed by atoms with Crippen LogP contribution in [0.15, 0.2) is 18.2 Å². The molecule has 0 aliphatic carbocycles. The van der Waals surface area contributed by atoms with Gasteiger partial charge >= 0.3 is 6.18 Å². The predicted molar refractivity (Wildman–Crippen MR) is 66.4 cm³/mol. The zero-order valence-corrected chi connectivity index (χ0v) is 10.1. The number of hydrogen-bond donors (Lipinski definition) is 3. The van der Waals surface area contributed by atoms with Gasteiger partial charge in [0.25, 0.3) is 5.91 Å². The van der Waals surface area contributed by atoms with E-state index >= 15 is 0 Å². The summed E-state index contributed by atoms with van der Waals surface area (Å²) < 4.78 is 36.0. The van der Waals surface area contributed by atoms with Crippen molar-refractivity contribution in [2.24, 2.45) is 0 Å². The van der Waals surface area contributed by atoms with Gasteiger partial charge in [-0.2, -0.15) is 13.2 Å². The van der Waals surface area contributed by atoms with Crippen molar-refractivity contribution in [3.05, 3.63) is 23.8 Å². The number of alkyl halides is 3. The van der Waals surface area contributed by atoms with E-state index in [4.69, 9.17) is 0 Å². The minimum absolute atomic E-state index is 0.354. The van der Waals surface area contributed by atoms with Crippen LogP contribution in [0.25, 0.3) is 0 Å². The Morgan fingerprint density at radius 1 is 1.26 bits per heavy atom. The third-order valence-corrected chi connectivity index (χ3v) is 2.75. The number of fused-ring (bicyclic) bond motifs is 1. The van der Waals surface area contributed by atoms with Crippen LogP contribution in [0.5, 0.6) is 0 Å². The van der Waals surface area contributed by atoms with Crippen molar-refractivity contribution in [2.45, 2.75) is 12.6 Å². The number of rotatable bonds is 3. The summed E-state index contributed by atoms with van der Waals surface area (Å²) in [4.78, 5) is 11.9. The van der Waals surface area contributed by atoms with Gasteiger partial charge in [0.15, 0.2) is 0 Å². The molecule has 2 rings (SSSR count). The van der Waals surface area contributed by atoms with Crippen molar-refractivity contribution in [1.29, 1.82) is 0 Å². The zero-order valence-electron chi connectivity index (χ0n) is 10.1. The number of amides is 1. The highest BCUT2D eigenvalue weighted by Crippen LogP contribution is 2.28. The van der Waals surface area contributed by atoms with Crippen molar-refractivity contribution in [3.63, 3.8) is 0 Å². The number of hydrogen-bond acceptors (Lipinski definition) is 3. The molecule has 1 aromatic rings. The average molecular weight is 273 g/mol. The smallest absolute Gasteiger partial charge is 0.382 e. The lowest BCUT2D eigenvalue weighted by atomic mass is 10.1. The third kappa shape index (κ3) is 3.52. The fourth-order valence-electron chi connectivity index (χ4n) is 1.88. The molecule has 104 valence electrons. The van der Waals surface area contributed by atoms with E-state index in [1.54, 1.807) is 12.1 Å². The highest BCUT2D eigenvalue weighted by Gasteiger charge is 2.27. The molecule has 0 spiro atoms. The van der Waals surface area contributed by atoms with Crippen LogP contribution in [0.3, 0.4) is 0 Å². The molecule has 1 aliphatic rings. The van der Waals surface area contributed by atoms with Gasteiger partial charge in [0.1, 0.15) is 0 Å². The number of anilines is 2. The SMILES string of the molecule is O=C(NCCC(F)(F)F)c1cccc2c1NCCN2. The molecule has 1 heterocycles. The van der Waals surface area contributed by atoms with E-state index in [0.717, 1.165) is 12.2 Å². The summed E-state index contributed by atoms with van der Waals surface area (Å²) in [5, 5.41) is 8.47. The maximum atomic E-state index is 12.0. The van der Waals surface area contributed by atoms with Crippen LogP contribution in [0.2, 0.25) is 0 Å². The fourth-order valence-corrected chi connectivity index (χ4v) is 1.88. The van der Waals surface area contributed by atoms with Gasteiger partial charge in [0.2, 0.25) is 0 Å². The summed E-state index contributed by atoms with van der Waals surface area (Å²) in [6.45, 7) is 0.991. The first-order valence-corrected chi connectivity index (χ1v) is 5.93. The Kier molecular flexibility index (Phi) is 3.82. The summed E-state index contributed by atoms with van der Waals surface area (Å²) in [6, 6.07) is 5.09. The van der Waals surface area contributed by atoms with Crippen molar-refractivity contribution in [2.75, 3.05) is 30.3 Å². The molecule has 0 atom stereocenters. The molecule has 0 radical (unpaired) electrons. The summed E-state index contributed by atoms with van der Waals surface area (Å²) in [5.74, 6) is -0.502. The first kappa shape index (κ1) is 13.5. The molecule has 3 N–H and O–H groups in total. The van der Waals surface area contributed by atoms with Gasteiger partial charge in [0.05, 0.1) is 23.4 Å². The van der Waals surface area contributed by atoms with E-state index in [1.807, 2.05) is 6.07 Å². The minimum atomic E-state index is -4.26. The van der Waals surface area contributed by atoms with Crippen LogP contribution >= 0.6 is 0 Å². The van der Waals surface area contributed by atoms with Gasteiger partial charge in [-0.25, -0.2) is 0 Å². The number of halogens is 3. The summed E-state index contributed by atoms with van der Waals surface area (Å²) in [5.41, 5.74) is 1.78. The lowest BCUT2D eigenvalue weighted by molar-refractivity contribution is -0.132. The highest BCUT2D eigenvalue weighted by atomic mass is 19.4. The van der Waals surface area contributed by atoms with Gasteiger partial charge in [-0.1, -0.05) is 6.07 Å². The van der Waals surface area contributed by atoms with Crippen molar-refractivity contribution in [3.8, 4) is 0 Å². The van der Waals surface area contributed by atoms with E-state index in [-0.39, 0.29) is 0 Å². The number of benzene rings is 1. The van der Waals surface area contributed by atoms with Crippen LogP contribution in [-0.2, 0) is 0 Å². The Labute approximate surface area is 108 Å². The third-order valence-electron chi connectivity index (χ3n) is 2.75. The first-order valence-electron chi connectivity index (χ1n) is 5.93. The largest absolute Gasteiger partial charge is 0.390 e. The summed E-state index contributed by atoms with van der Waals surface area (Å²) in [6.07, 6.45) is -5.29. The number of para-hydroxylation sites is 1. The molecule has 7 heteroatoms. The Morgan fingerprint density at radius 2 is 2.00 bits per heavy atom. The molecule has 1 aromatic carbocycles. The standard InChI is InChI=1S/C12H14F3N3O/c13-12(14,15)4-5-18-11(19)8-2-1-3-9-10(8)17-7-6-16-9/h1-3,16-17H,4-7H2,(H,18,19).